The molecule has 1 aromatic carbocycles. The van der Waals surface area contributed by atoms with Crippen molar-refractivity contribution in [1.29, 1.82) is 0 Å². The van der Waals surface area contributed by atoms with Crippen molar-refractivity contribution in [3.63, 3.8) is 0 Å². The standard InChI is InChI=1S/C15H20N2O2/c18-15(14-11-19-9-7-16-14)17-8-3-6-12-4-1-2-5-13(12)10-17/h1-2,4-5,14,16H,3,6-11H2. The topological polar surface area (TPSA) is 41.6 Å². The van der Waals surface area contributed by atoms with Crippen LogP contribution in [-0.2, 0) is 22.5 Å². The SMILES string of the molecule is O=C(C1COCCN1)N1CCCc2ccccc2C1. The highest BCUT2D eigenvalue weighted by Gasteiger charge is 2.27. The molecule has 0 aliphatic carbocycles. The van der Waals surface area contributed by atoms with Gasteiger partial charge in [0.05, 0.1) is 13.2 Å². The van der Waals surface area contributed by atoms with Gasteiger partial charge in [0.1, 0.15) is 6.04 Å². The number of rotatable bonds is 1. The van der Waals surface area contributed by atoms with Crippen LogP contribution in [0.2, 0.25) is 0 Å². The third-order valence-electron chi connectivity index (χ3n) is 3.89. The highest BCUT2D eigenvalue weighted by atomic mass is 16.5. The number of carbonyl (C=O) groups is 1. The Labute approximate surface area is 113 Å². The first-order valence-corrected chi connectivity index (χ1v) is 7.01. The molecule has 19 heavy (non-hydrogen) atoms. The van der Waals surface area contributed by atoms with Gasteiger partial charge in [-0.3, -0.25) is 4.79 Å². The van der Waals surface area contributed by atoms with Crippen molar-refractivity contribution in [2.24, 2.45) is 0 Å². The van der Waals surface area contributed by atoms with Gasteiger partial charge in [-0.05, 0) is 24.0 Å². The number of carbonyl (C=O) groups excluding carboxylic acids is 1. The fourth-order valence-electron chi connectivity index (χ4n) is 2.83. The van der Waals surface area contributed by atoms with Crippen molar-refractivity contribution in [3.05, 3.63) is 35.4 Å². The van der Waals surface area contributed by atoms with Gasteiger partial charge in [0.2, 0.25) is 5.91 Å². The second-order valence-corrected chi connectivity index (χ2v) is 5.21. The molecule has 0 radical (unpaired) electrons. The molecule has 4 nitrogen and oxygen atoms in total. The number of nitrogens with one attached hydrogen (secondary N) is 1. The van der Waals surface area contributed by atoms with Crippen LogP contribution in [0.5, 0.6) is 0 Å². The van der Waals surface area contributed by atoms with E-state index < -0.39 is 0 Å². The van der Waals surface area contributed by atoms with E-state index >= 15 is 0 Å². The van der Waals surface area contributed by atoms with Gasteiger partial charge in [0.25, 0.3) is 0 Å². The zero-order valence-corrected chi connectivity index (χ0v) is 11.1. The zero-order valence-electron chi connectivity index (χ0n) is 11.1. The van der Waals surface area contributed by atoms with E-state index in [1.807, 2.05) is 4.90 Å². The maximum atomic E-state index is 12.5. The van der Waals surface area contributed by atoms with E-state index in [0.717, 1.165) is 32.5 Å². The van der Waals surface area contributed by atoms with Gasteiger partial charge in [-0.15, -0.1) is 0 Å². The summed E-state index contributed by atoms with van der Waals surface area (Å²) < 4.78 is 5.38. The molecule has 2 aliphatic rings. The van der Waals surface area contributed by atoms with Crippen molar-refractivity contribution < 1.29 is 9.53 Å². The first kappa shape index (κ1) is 12.6. The number of morpholine rings is 1. The Bertz CT molecular complexity index is 455. The minimum absolute atomic E-state index is 0.168. The molecule has 0 aromatic heterocycles. The van der Waals surface area contributed by atoms with E-state index in [-0.39, 0.29) is 11.9 Å². The average Bonchev–Trinajstić information content (AvgIpc) is 2.69. The molecule has 1 amide bonds. The fraction of sp³-hybridized carbons (Fsp3) is 0.533. The van der Waals surface area contributed by atoms with Gasteiger partial charge >= 0.3 is 0 Å². The summed E-state index contributed by atoms with van der Waals surface area (Å²) >= 11 is 0. The molecule has 4 heteroatoms. The summed E-state index contributed by atoms with van der Waals surface area (Å²) in [6.07, 6.45) is 2.10. The lowest BCUT2D eigenvalue weighted by atomic mass is 10.0. The molecule has 2 heterocycles. The molecule has 1 atom stereocenters. The normalized spacial score (nSPS) is 23.6. The van der Waals surface area contributed by atoms with Crippen LogP contribution in [0.4, 0.5) is 0 Å². The van der Waals surface area contributed by atoms with Crippen molar-refractivity contribution in [1.82, 2.24) is 10.2 Å². The molecule has 1 unspecified atom stereocenters. The van der Waals surface area contributed by atoms with Crippen LogP contribution in [0.25, 0.3) is 0 Å². The third-order valence-corrected chi connectivity index (χ3v) is 3.89. The lowest BCUT2D eigenvalue weighted by Gasteiger charge is -2.29. The highest BCUT2D eigenvalue weighted by Crippen LogP contribution is 2.19. The Hall–Kier alpha value is -1.39. The van der Waals surface area contributed by atoms with Crippen LogP contribution in [0.15, 0.2) is 24.3 Å². The van der Waals surface area contributed by atoms with E-state index in [4.69, 9.17) is 4.74 Å². The van der Waals surface area contributed by atoms with E-state index in [0.29, 0.717) is 13.2 Å². The number of hydrogen-bond acceptors (Lipinski definition) is 3. The molecule has 102 valence electrons. The lowest BCUT2D eigenvalue weighted by molar-refractivity contribution is -0.137. The van der Waals surface area contributed by atoms with Crippen LogP contribution in [0, 0.1) is 0 Å². The smallest absolute Gasteiger partial charge is 0.242 e. The number of hydrogen-bond donors (Lipinski definition) is 1. The van der Waals surface area contributed by atoms with Crippen LogP contribution in [0.3, 0.4) is 0 Å². The summed E-state index contributed by atoms with van der Waals surface area (Å²) in [6, 6.07) is 8.26. The van der Waals surface area contributed by atoms with Crippen LogP contribution in [-0.4, -0.2) is 43.2 Å². The minimum Gasteiger partial charge on any atom is -0.378 e. The Morgan fingerprint density at radius 2 is 2.16 bits per heavy atom. The summed E-state index contributed by atoms with van der Waals surface area (Å²) in [5.41, 5.74) is 2.66. The largest absolute Gasteiger partial charge is 0.378 e. The molecular weight excluding hydrogens is 240 g/mol. The summed E-state index contributed by atoms with van der Waals surface area (Å²) in [7, 11) is 0. The molecule has 2 aliphatic heterocycles. The maximum Gasteiger partial charge on any atom is 0.242 e. The summed E-state index contributed by atoms with van der Waals surface area (Å²) in [6.45, 7) is 3.53. The Balaban J connectivity index is 1.73. The predicted octanol–water partition coefficient (Wildman–Crippen LogP) is 0.950. The van der Waals surface area contributed by atoms with E-state index in [2.05, 4.69) is 29.6 Å². The first-order valence-electron chi connectivity index (χ1n) is 7.01. The molecule has 1 aromatic rings. The number of benzene rings is 1. The summed E-state index contributed by atoms with van der Waals surface area (Å²) in [5.74, 6) is 0.177. The lowest BCUT2D eigenvalue weighted by Crippen LogP contribution is -2.52. The Morgan fingerprint density at radius 1 is 1.32 bits per heavy atom. The van der Waals surface area contributed by atoms with E-state index in [1.165, 1.54) is 11.1 Å². The van der Waals surface area contributed by atoms with Crippen LogP contribution in [0.1, 0.15) is 17.5 Å². The van der Waals surface area contributed by atoms with Gasteiger partial charge in [0.15, 0.2) is 0 Å². The Morgan fingerprint density at radius 3 is 2.95 bits per heavy atom. The molecule has 1 fully saturated rings. The first-order chi connectivity index (χ1) is 9.34. The number of fused-ring (bicyclic) bond motifs is 1. The third kappa shape index (κ3) is 2.80. The molecule has 0 bridgehead atoms. The maximum absolute atomic E-state index is 12.5. The number of aryl methyl sites for hydroxylation is 1. The monoisotopic (exact) mass is 260 g/mol. The number of amides is 1. The zero-order chi connectivity index (χ0) is 13.1. The second kappa shape index (κ2) is 5.72. The van der Waals surface area contributed by atoms with Crippen molar-refractivity contribution in [3.8, 4) is 0 Å². The number of nitrogens with zero attached hydrogens (tertiary/aromatic N) is 1. The minimum atomic E-state index is -0.168. The van der Waals surface area contributed by atoms with Gasteiger partial charge < -0.3 is 15.0 Å². The fourth-order valence-corrected chi connectivity index (χ4v) is 2.83. The Kier molecular flexibility index (Phi) is 3.80. The second-order valence-electron chi connectivity index (χ2n) is 5.21. The van der Waals surface area contributed by atoms with Crippen molar-refractivity contribution in [2.75, 3.05) is 26.3 Å². The molecule has 1 saturated heterocycles. The van der Waals surface area contributed by atoms with Crippen molar-refractivity contribution in [2.45, 2.75) is 25.4 Å². The highest BCUT2D eigenvalue weighted by molar-refractivity contribution is 5.82. The number of ether oxygens (including phenoxy) is 1. The van der Waals surface area contributed by atoms with Crippen molar-refractivity contribution >= 4 is 5.91 Å². The average molecular weight is 260 g/mol. The van der Waals surface area contributed by atoms with Gasteiger partial charge in [0, 0.05) is 19.6 Å². The van der Waals surface area contributed by atoms with Crippen LogP contribution >= 0.6 is 0 Å². The van der Waals surface area contributed by atoms with E-state index in [1.54, 1.807) is 0 Å². The molecule has 3 rings (SSSR count). The van der Waals surface area contributed by atoms with Gasteiger partial charge in [-0.25, -0.2) is 0 Å². The molecule has 0 spiro atoms. The summed E-state index contributed by atoms with van der Waals surface area (Å²) in [4.78, 5) is 14.5. The van der Waals surface area contributed by atoms with Gasteiger partial charge in [-0.2, -0.15) is 0 Å². The molecule has 0 saturated carbocycles. The summed E-state index contributed by atoms with van der Waals surface area (Å²) in [5, 5.41) is 3.24. The molecular formula is C15H20N2O2. The van der Waals surface area contributed by atoms with Gasteiger partial charge in [-0.1, -0.05) is 24.3 Å². The molecule has 1 N–H and O–H groups in total. The van der Waals surface area contributed by atoms with Crippen LogP contribution < -0.4 is 5.32 Å². The quantitative estimate of drug-likeness (QED) is 0.817. The van der Waals surface area contributed by atoms with E-state index in [9.17, 15) is 4.79 Å². The predicted molar refractivity (Wildman–Crippen MR) is 72.8 cm³/mol.